The van der Waals surface area contributed by atoms with Gasteiger partial charge in [0.1, 0.15) is 17.3 Å². The highest BCUT2D eigenvalue weighted by molar-refractivity contribution is 5.71. The molecule has 0 radical (unpaired) electrons. The van der Waals surface area contributed by atoms with Gasteiger partial charge in [-0.05, 0) is 19.8 Å². The van der Waals surface area contributed by atoms with Crippen molar-refractivity contribution in [2.45, 2.75) is 34.2 Å². The zero-order chi connectivity index (χ0) is 13.3. The van der Waals surface area contributed by atoms with Crippen molar-refractivity contribution in [3.05, 3.63) is 35.7 Å². The van der Waals surface area contributed by atoms with Gasteiger partial charge in [-0.25, -0.2) is 4.98 Å². The molecule has 0 aliphatic rings. The van der Waals surface area contributed by atoms with Crippen molar-refractivity contribution in [2.75, 3.05) is 5.73 Å². The second kappa shape index (κ2) is 4.84. The third-order valence-electron chi connectivity index (χ3n) is 3.07. The lowest BCUT2D eigenvalue weighted by atomic mass is 10.1. The molecular weight excluding hydrogens is 222 g/mol. The Morgan fingerprint density at radius 3 is 2.33 bits per heavy atom. The van der Waals surface area contributed by atoms with E-state index < -0.39 is 0 Å². The van der Waals surface area contributed by atoms with Gasteiger partial charge in [-0.2, -0.15) is 0 Å². The van der Waals surface area contributed by atoms with E-state index in [1.54, 1.807) is 0 Å². The van der Waals surface area contributed by atoms with Crippen molar-refractivity contribution in [3.8, 4) is 11.3 Å². The molecule has 0 atom stereocenters. The number of hydrogen-bond acceptors (Lipinski definition) is 2. The summed E-state index contributed by atoms with van der Waals surface area (Å²) in [6, 6.07) is 8.33. The van der Waals surface area contributed by atoms with E-state index in [4.69, 9.17) is 5.73 Å². The summed E-state index contributed by atoms with van der Waals surface area (Å²) in [5.74, 6) is 2.31. The predicted octanol–water partition coefficient (Wildman–Crippen LogP) is 3.41. The van der Waals surface area contributed by atoms with Gasteiger partial charge >= 0.3 is 0 Å². The molecule has 1 aromatic heterocycles. The van der Waals surface area contributed by atoms with Crippen LogP contribution in [0.3, 0.4) is 0 Å². The van der Waals surface area contributed by atoms with Gasteiger partial charge in [-0.3, -0.25) is 0 Å². The summed E-state index contributed by atoms with van der Waals surface area (Å²) >= 11 is 0. The van der Waals surface area contributed by atoms with Crippen LogP contribution in [-0.2, 0) is 6.54 Å². The van der Waals surface area contributed by atoms with Crippen molar-refractivity contribution in [1.82, 2.24) is 9.55 Å². The first-order valence-corrected chi connectivity index (χ1v) is 6.38. The molecule has 96 valence electrons. The molecule has 0 amide bonds. The molecule has 0 fully saturated rings. The number of nitrogens with zero attached hydrogens (tertiary/aromatic N) is 2. The molecule has 2 aromatic rings. The number of aryl methyl sites for hydroxylation is 2. The average Bonchev–Trinajstić information content (AvgIpc) is 2.58. The minimum atomic E-state index is 0.561. The number of anilines is 1. The van der Waals surface area contributed by atoms with Gasteiger partial charge in [-0.15, -0.1) is 0 Å². The van der Waals surface area contributed by atoms with Crippen LogP contribution in [0, 0.1) is 19.8 Å². The SMILES string of the molecule is Cc1ccc(-c2nc(C)n(CC(C)C)c2N)cc1. The number of aromatic nitrogens is 2. The summed E-state index contributed by atoms with van der Waals surface area (Å²) in [6.45, 7) is 9.37. The van der Waals surface area contributed by atoms with E-state index in [9.17, 15) is 0 Å². The van der Waals surface area contributed by atoms with E-state index in [1.165, 1.54) is 5.56 Å². The molecule has 0 spiro atoms. The Morgan fingerprint density at radius 1 is 1.17 bits per heavy atom. The first kappa shape index (κ1) is 12.7. The van der Waals surface area contributed by atoms with Crippen LogP contribution in [0.1, 0.15) is 25.2 Å². The molecule has 0 saturated carbocycles. The molecule has 0 aliphatic heterocycles. The molecule has 1 heterocycles. The molecule has 0 aliphatic carbocycles. The zero-order valence-electron chi connectivity index (χ0n) is 11.6. The Labute approximate surface area is 109 Å². The number of nitrogen functional groups attached to an aromatic ring is 1. The van der Waals surface area contributed by atoms with Crippen molar-refractivity contribution < 1.29 is 0 Å². The Hall–Kier alpha value is -1.77. The highest BCUT2D eigenvalue weighted by Crippen LogP contribution is 2.27. The molecule has 3 nitrogen and oxygen atoms in total. The topological polar surface area (TPSA) is 43.8 Å². The van der Waals surface area contributed by atoms with E-state index >= 15 is 0 Å². The molecule has 0 unspecified atom stereocenters. The fourth-order valence-corrected chi connectivity index (χ4v) is 2.10. The first-order valence-electron chi connectivity index (χ1n) is 6.38. The minimum absolute atomic E-state index is 0.561. The number of imidazole rings is 1. The summed E-state index contributed by atoms with van der Waals surface area (Å²) in [5.41, 5.74) is 9.45. The summed E-state index contributed by atoms with van der Waals surface area (Å²) in [6.07, 6.45) is 0. The van der Waals surface area contributed by atoms with Crippen LogP contribution < -0.4 is 5.73 Å². The number of nitrogens with two attached hydrogens (primary N) is 1. The van der Waals surface area contributed by atoms with E-state index in [0.29, 0.717) is 5.92 Å². The first-order chi connectivity index (χ1) is 8.49. The fourth-order valence-electron chi connectivity index (χ4n) is 2.10. The quantitative estimate of drug-likeness (QED) is 0.897. The largest absolute Gasteiger partial charge is 0.383 e. The van der Waals surface area contributed by atoms with Gasteiger partial charge in [0.05, 0.1) is 0 Å². The number of hydrogen-bond donors (Lipinski definition) is 1. The van der Waals surface area contributed by atoms with Crippen LogP contribution in [0.15, 0.2) is 24.3 Å². The summed E-state index contributed by atoms with van der Waals surface area (Å²) < 4.78 is 2.10. The summed E-state index contributed by atoms with van der Waals surface area (Å²) in [5, 5.41) is 0. The van der Waals surface area contributed by atoms with E-state index in [1.807, 2.05) is 6.92 Å². The second-order valence-corrected chi connectivity index (χ2v) is 5.26. The average molecular weight is 243 g/mol. The van der Waals surface area contributed by atoms with Gasteiger partial charge in [-0.1, -0.05) is 43.7 Å². The predicted molar refractivity (Wildman–Crippen MR) is 76.4 cm³/mol. The van der Waals surface area contributed by atoms with E-state index in [2.05, 4.69) is 54.6 Å². The van der Waals surface area contributed by atoms with Crippen molar-refractivity contribution >= 4 is 5.82 Å². The molecule has 0 saturated heterocycles. The normalized spacial score (nSPS) is 11.2. The van der Waals surface area contributed by atoms with Crippen LogP contribution in [-0.4, -0.2) is 9.55 Å². The molecule has 1 aromatic carbocycles. The molecule has 2 rings (SSSR count). The van der Waals surface area contributed by atoms with Crippen LogP contribution in [0.4, 0.5) is 5.82 Å². The maximum atomic E-state index is 6.22. The Balaban J connectivity index is 2.43. The standard InChI is InChI=1S/C15H21N3/c1-10(2)9-18-12(4)17-14(15(18)16)13-7-5-11(3)6-8-13/h5-8,10H,9,16H2,1-4H3. The molecule has 18 heavy (non-hydrogen) atoms. The third kappa shape index (κ3) is 2.40. The van der Waals surface area contributed by atoms with E-state index in [0.717, 1.165) is 29.4 Å². The van der Waals surface area contributed by atoms with Gasteiger partial charge in [0, 0.05) is 12.1 Å². The van der Waals surface area contributed by atoms with Crippen molar-refractivity contribution in [2.24, 2.45) is 5.92 Å². The minimum Gasteiger partial charge on any atom is -0.383 e. The maximum Gasteiger partial charge on any atom is 0.131 e. The highest BCUT2D eigenvalue weighted by Gasteiger charge is 2.14. The Bertz CT molecular complexity index is 536. The highest BCUT2D eigenvalue weighted by atomic mass is 15.1. The van der Waals surface area contributed by atoms with Crippen LogP contribution >= 0.6 is 0 Å². The number of rotatable bonds is 3. The van der Waals surface area contributed by atoms with Crippen LogP contribution in [0.25, 0.3) is 11.3 Å². The van der Waals surface area contributed by atoms with Crippen LogP contribution in [0.5, 0.6) is 0 Å². The van der Waals surface area contributed by atoms with Gasteiger partial charge in [0.25, 0.3) is 0 Å². The van der Waals surface area contributed by atoms with Gasteiger partial charge in [0.15, 0.2) is 0 Å². The third-order valence-corrected chi connectivity index (χ3v) is 3.07. The molecule has 3 heteroatoms. The Morgan fingerprint density at radius 2 is 1.78 bits per heavy atom. The number of benzene rings is 1. The van der Waals surface area contributed by atoms with Gasteiger partial charge < -0.3 is 10.3 Å². The maximum absolute atomic E-state index is 6.22. The lowest BCUT2D eigenvalue weighted by Gasteiger charge is -2.10. The monoisotopic (exact) mass is 243 g/mol. The second-order valence-electron chi connectivity index (χ2n) is 5.26. The summed E-state index contributed by atoms with van der Waals surface area (Å²) in [4.78, 5) is 4.60. The molecular formula is C15H21N3. The fraction of sp³-hybridized carbons (Fsp3) is 0.400. The molecule has 2 N–H and O–H groups in total. The lowest BCUT2D eigenvalue weighted by molar-refractivity contribution is 0.518. The van der Waals surface area contributed by atoms with Crippen molar-refractivity contribution in [1.29, 1.82) is 0 Å². The lowest BCUT2D eigenvalue weighted by Crippen LogP contribution is -2.09. The Kier molecular flexibility index (Phi) is 3.41. The molecule has 0 bridgehead atoms. The van der Waals surface area contributed by atoms with Crippen molar-refractivity contribution in [3.63, 3.8) is 0 Å². The van der Waals surface area contributed by atoms with Gasteiger partial charge in [0.2, 0.25) is 0 Å². The van der Waals surface area contributed by atoms with E-state index in [-0.39, 0.29) is 0 Å². The zero-order valence-corrected chi connectivity index (χ0v) is 11.6. The smallest absolute Gasteiger partial charge is 0.131 e. The summed E-state index contributed by atoms with van der Waals surface area (Å²) in [7, 11) is 0. The van der Waals surface area contributed by atoms with Crippen LogP contribution in [0.2, 0.25) is 0 Å².